The van der Waals surface area contributed by atoms with Crippen LogP contribution >= 0.6 is 0 Å². The van der Waals surface area contributed by atoms with Crippen molar-refractivity contribution in [1.82, 2.24) is 10.2 Å². The molecule has 0 bridgehead atoms. The van der Waals surface area contributed by atoms with Gasteiger partial charge in [0.2, 0.25) is 17.7 Å². The minimum absolute atomic E-state index is 0.0162. The molecule has 146 valence electrons. The van der Waals surface area contributed by atoms with Crippen molar-refractivity contribution < 1.29 is 14.4 Å². The van der Waals surface area contributed by atoms with Crippen molar-refractivity contribution in [2.75, 3.05) is 18.4 Å². The summed E-state index contributed by atoms with van der Waals surface area (Å²) < 4.78 is 0. The first kappa shape index (κ1) is 19.4. The second kappa shape index (κ2) is 8.55. The number of piperidine rings is 1. The highest BCUT2D eigenvalue weighted by Crippen LogP contribution is 2.32. The molecule has 1 saturated heterocycles. The van der Waals surface area contributed by atoms with Gasteiger partial charge in [-0.2, -0.15) is 0 Å². The molecular formula is C21H29N3O3. The van der Waals surface area contributed by atoms with Crippen molar-refractivity contribution in [2.24, 2.45) is 5.92 Å². The molecular weight excluding hydrogens is 342 g/mol. The Morgan fingerprint density at radius 2 is 1.63 bits per heavy atom. The average molecular weight is 371 g/mol. The fraction of sp³-hybridized carbons (Fsp3) is 0.571. The number of carbonyl (C=O) groups is 3. The minimum atomic E-state index is -0.747. The fourth-order valence-electron chi connectivity index (χ4n) is 4.30. The zero-order valence-electron chi connectivity index (χ0n) is 16.0. The van der Waals surface area contributed by atoms with Crippen molar-refractivity contribution in [3.63, 3.8) is 0 Å². The van der Waals surface area contributed by atoms with Gasteiger partial charge in [0.05, 0.1) is 0 Å². The zero-order chi connectivity index (χ0) is 19.3. The van der Waals surface area contributed by atoms with Crippen LogP contribution in [-0.4, -0.2) is 41.2 Å². The zero-order valence-corrected chi connectivity index (χ0v) is 16.0. The Morgan fingerprint density at radius 3 is 2.22 bits per heavy atom. The Kier molecular flexibility index (Phi) is 6.14. The lowest BCUT2D eigenvalue weighted by atomic mass is 9.79. The summed E-state index contributed by atoms with van der Waals surface area (Å²) in [7, 11) is 0. The number of amides is 3. The molecule has 3 amide bonds. The average Bonchev–Trinajstić information content (AvgIpc) is 2.68. The van der Waals surface area contributed by atoms with Gasteiger partial charge in [-0.15, -0.1) is 0 Å². The van der Waals surface area contributed by atoms with Gasteiger partial charge in [0, 0.05) is 31.6 Å². The number of rotatable bonds is 4. The summed E-state index contributed by atoms with van der Waals surface area (Å²) in [5, 5.41) is 5.90. The van der Waals surface area contributed by atoms with Gasteiger partial charge in [-0.3, -0.25) is 14.4 Å². The molecule has 0 aromatic heterocycles. The van der Waals surface area contributed by atoms with Crippen LogP contribution < -0.4 is 10.6 Å². The number of nitrogens with one attached hydrogen (secondary N) is 2. The van der Waals surface area contributed by atoms with Gasteiger partial charge in [0.1, 0.15) is 5.54 Å². The van der Waals surface area contributed by atoms with Crippen molar-refractivity contribution >= 4 is 23.4 Å². The molecule has 1 heterocycles. The van der Waals surface area contributed by atoms with Crippen molar-refractivity contribution in [2.45, 2.75) is 57.4 Å². The molecule has 27 heavy (non-hydrogen) atoms. The molecule has 0 spiro atoms. The molecule has 6 nitrogen and oxygen atoms in total. The number of carbonyl (C=O) groups excluding carboxylic acids is 3. The summed E-state index contributed by atoms with van der Waals surface area (Å²) in [5.74, 6) is -0.193. The van der Waals surface area contributed by atoms with Gasteiger partial charge in [-0.1, -0.05) is 37.5 Å². The van der Waals surface area contributed by atoms with Gasteiger partial charge in [-0.25, -0.2) is 0 Å². The summed E-state index contributed by atoms with van der Waals surface area (Å²) in [6, 6.07) is 9.44. The molecule has 2 aliphatic rings. The van der Waals surface area contributed by atoms with Crippen LogP contribution in [0.2, 0.25) is 0 Å². The third kappa shape index (κ3) is 4.67. The van der Waals surface area contributed by atoms with Crippen molar-refractivity contribution in [1.29, 1.82) is 0 Å². The number of likely N-dealkylation sites (tertiary alicyclic amines) is 1. The third-order valence-corrected chi connectivity index (χ3v) is 5.73. The molecule has 6 heteroatoms. The number of para-hydroxylation sites is 1. The van der Waals surface area contributed by atoms with Crippen LogP contribution in [0.25, 0.3) is 0 Å². The van der Waals surface area contributed by atoms with E-state index in [0.29, 0.717) is 38.8 Å². The number of anilines is 1. The maximum atomic E-state index is 13.2. The van der Waals surface area contributed by atoms with Crippen molar-refractivity contribution in [3.8, 4) is 0 Å². The van der Waals surface area contributed by atoms with E-state index in [1.54, 1.807) is 0 Å². The number of hydrogen-bond donors (Lipinski definition) is 2. The lowest BCUT2D eigenvalue weighted by Gasteiger charge is -2.42. The van der Waals surface area contributed by atoms with E-state index in [1.807, 2.05) is 35.2 Å². The summed E-state index contributed by atoms with van der Waals surface area (Å²) in [5.41, 5.74) is 0.0521. The Hall–Kier alpha value is -2.37. The first-order valence-corrected chi connectivity index (χ1v) is 9.94. The summed E-state index contributed by atoms with van der Waals surface area (Å²) in [4.78, 5) is 39.2. The van der Waals surface area contributed by atoms with Gasteiger partial charge in [-0.05, 0) is 37.8 Å². The van der Waals surface area contributed by atoms with Gasteiger partial charge < -0.3 is 15.5 Å². The van der Waals surface area contributed by atoms with Crippen LogP contribution in [-0.2, 0) is 14.4 Å². The van der Waals surface area contributed by atoms with Crippen LogP contribution in [0.4, 0.5) is 5.69 Å². The second-order valence-corrected chi connectivity index (χ2v) is 7.75. The molecule has 1 aliphatic heterocycles. The summed E-state index contributed by atoms with van der Waals surface area (Å²) in [6.07, 6.45) is 5.75. The molecule has 2 fully saturated rings. The first-order chi connectivity index (χ1) is 13.0. The highest BCUT2D eigenvalue weighted by Gasteiger charge is 2.43. The maximum Gasteiger partial charge on any atom is 0.248 e. The molecule has 0 radical (unpaired) electrons. The SMILES string of the molecule is CC(=O)NC1(C(=O)N2CCC(C(=O)Nc3ccccc3)CC2)CCCCC1. The third-order valence-electron chi connectivity index (χ3n) is 5.73. The number of hydrogen-bond acceptors (Lipinski definition) is 3. The van der Waals surface area contributed by atoms with E-state index in [0.717, 1.165) is 24.9 Å². The van der Waals surface area contributed by atoms with Gasteiger partial charge >= 0.3 is 0 Å². The molecule has 1 aliphatic carbocycles. The predicted octanol–water partition coefficient (Wildman–Crippen LogP) is 2.70. The van der Waals surface area contributed by atoms with E-state index in [9.17, 15) is 14.4 Å². The molecule has 1 aromatic carbocycles. The second-order valence-electron chi connectivity index (χ2n) is 7.75. The highest BCUT2D eigenvalue weighted by molar-refractivity contribution is 5.93. The standard InChI is InChI=1S/C21H29N3O3/c1-16(25)23-21(12-6-3-7-13-21)20(27)24-14-10-17(11-15-24)19(26)22-18-8-4-2-5-9-18/h2,4-5,8-9,17H,3,6-7,10-15H2,1H3,(H,22,26)(H,23,25). The molecule has 0 unspecified atom stereocenters. The molecule has 2 N–H and O–H groups in total. The fourth-order valence-corrected chi connectivity index (χ4v) is 4.30. The maximum absolute atomic E-state index is 13.2. The molecule has 3 rings (SSSR count). The van der Waals surface area contributed by atoms with Crippen LogP contribution in [0, 0.1) is 5.92 Å². The van der Waals surface area contributed by atoms with Crippen LogP contribution in [0.15, 0.2) is 30.3 Å². The smallest absolute Gasteiger partial charge is 0.248 e. The molecule has 0 atom stereocenters. The lowest BCUT2D eigenvalue weighted by molar-refractivity contribution is -0.145. The van der Waals surface area contributed by atoms with Gasteiger partial charge in [0.25, 0.3) is 0 Å². The van der Waals surface area contributed by atoms with E-state index in [4.69, 9.17) is 0 Å². The Bertz CT molecular complexity index is 675. The van der Waals surface area contributed by atoms with Crippen LogP contribution in [0.5, 0.6) is 0 Å². The minimum Gasteiger partial charge on any atom is -0.342 e. The van der Waals surface area contributed by atoms with E-state index in [2.05, 4.69) is 10.6 Å². The molecule has 1 saturated carbocycles. The monoisotopic (exact) mass is 371 g/mol. The largest absolute Gasteiger partial charge is 0.342 e. The quantitative estimate of drug-likeness (QED) is 0.854. The Morgan fingerprint density at radius 1 is 1.00 bits per heavy atom. The van der Waals surface area contributed by atoms with Crippen LogP contribution in [0.1, 0.15) is 51.9 Å². The highest BCUT2D eigenvalue weighted by atomic mass is 16.2. The van der Waals surface area contributed by atoms with E-state index < -0.39 is 5.54 Å². The Balaban J connectivity index is 1.58. The van der Waals surface area contributed by atoms with E-state index in [-0.39, 0.29) is 23.6 Å². The summed E-state index contributed by atoms with van der Waals surface area (Å²) in [6.45, 7) is 2.60. The first-order valence-electron chi connectivity index (χ1n) is 9.94. The van der Waals surface area contributed by atoms with Crippen molar-refractivity contribution in [3.05, 3.63) is 30.3 Å². The Labute approximate surface area is 160 Å². The summed E-state index contributed by atoms with van der Waals surface area (Å²) >= 11 is 0. The van der Waals surface area contributed by atoms with E-state index >= 15 is 0 Å². The van der Waals surface area contributed by atoms with Crippen LogP contribution in [0.3, 0.4) is 0 Å². The molecule has 1 aromatic rings. The lowest BCUT2D eigenvalue weighted by Crippen LogP contribution is -2.61. The topological polar surface area (TPSA) is 78.5 Å². The normalized spacial score (nSPS) is 20.0. The van der Waals surface area contributed by atoms with E-state index in [1.165, 1.54) is 6.92 Å². The number of nitrogens with zero attached hydrogens (tertiary/aromatic N) is 1. The van der Waals surface area contributed by atoms with Gasteiger partial charge in [0.15, 0.2) is 0 Å². The number of benzene rings is 1. The predicted molar refractivity (Wildman–Crippen MR) is 104 cm³/mol.